The Kier molecular flexibility index (Phi) is 50.8. The van der Waals surface area contributed by atoms with E-state index in [-0.39, 0.29) is 0 Å². The third kappa shape index (κ3) is 40.5. The molecule has 0 radical (unpaired) electrons. The van der Waals surface area contributed by atoms with Crippen LogP contribution in [0.2, 0.25) is 0 Å². The first-order valence-corrected chi connectivity index (χ1v) is 4.73. The predicted octanol–water partition coefficient (Wildman–Crippen LogP) is 2.03. The summed E-state index contributed by atoms with van der Waals surface area (Å²) in [6, 6.07) is 0. The van der Waals surface area contributed by atoms with Gasteiger partial charge < -0.3 is 10.4 Å². The van der Waals surface area contributed by atoms with Crippen molar-refractivity contribution in [1.29, 1.82) is 0 Å². The van der Waals surface area contributed by atoms with Gasteiger partial charge in [-0.3, -0.25) is 0 Å². The Balaban J connectivity index is -0.000000138. The van der Waals surface area contributed by atoms with Gasteiger partial charge in [0.2, 0.25) is 0 Å². The average molecular weight is 163 g/mol. The molecule has 11 heavy (non-hydrogen) atoms. The molecule has 0 aromatic rings. The van der Waals surface area contributed by atoms with Gasteiger partial charge in [0.1, 0.15) is 0 Å². The lowest BCUT2D eigenvalue weighted by atomic mass is 10.4. The van der Waals surface area contributed by atoms with Gasteiger partial charge in [-0.1, -0.05) is 34.6 Å². The van der Waals surface area contributed by atoms with Crippen LogP contribution in [0, 0.1) is 0 Å². The van der Waals surface area contributed by atoms with Gasteiger partial charge in [0.05, 0.1) is 0 Å². The molecule has 0 fully saturated rings. The summed E-state index contributed by atoms with van der Waals surface area (Å²) in [5.74, 6) is 0. The highest BCUT2D eigenvalue weighted by atomic mass is 16.3. The fourth-order valence-electron chi connectivity index (χ4n) is 0.381. The first-order chi connectivity index (χ1) is 5.41. The molecule has 0 heterocycles. The normalized spacial score (nSPS) is 7.09. The lowest BCUT2D eigenvalue weighted by Gasteiger charge is -1.94. The van der Waals surface area contributed by atoms with Crippen LogP contribution in [0.4, 0.5) is 0 Å². The molecule has 0 atom stereocenters. The largest absolute Gasteiger partial charge is 0.396 e. The Bertz CT molecular complexity index is 28.7. The molecule has 0 amide bonds. The molecule has 0 rings (SSSR count). The number of aliphatic hydroxyl groups is 1. The smallest absolute Gasteiger partial charge is 0.0443 e. The van der Waals surface area contributed by atoms with Crippen LogP contribution in [0.3, 0.4) is 0 Å². The first-order valence-electron chi connectivity index (χ1n) is 4.73. The summed E-state index contributed by atoms with van der Waals surface area (Å²) in [5.41, 5.74) is 0. The predicted molar refractivity (Wildman–Crippen MR) is 52.9 cm³/mol. The number of hydrogen-bond donors (Lipinski definition) is 2. The van der Waals surface area contributed by atoms with Crippen LogP contribution < -0.4 is 5.32 Å². The molecule has 0 spiro atoms. The van der Waals surface area contributed by atoms with Crippen LogP contribution in [0.5, 0.6) is 0 Å². The van der Waals surface area contributed by atoms with Crippen molar-refractivity contribution >= 4 is 0 Å². The number of aliphatic hydroxyl groups excluding tert-OH is 1. The summed E-state index contributed by atoms with van der Waals surface area (Å²) in [6.45, 7) is 12.3. The van der Waals surface area contributed by atoms with E-state index in [1.807, 2.05) is 27.7 Å². The molecule has 72 valence electrons. The summed E-state index contributed by atoms with van der Waals surface area (Å²) in [4.78, 5) is 0. The van der Waals surface area contributed by atoms with E-state index in [1.54, 1.807) is 0 Å². The highest BCUT2D eigenvalue weighted by molar-refractivity contribution is 4.39. The molecule has 0 aromatic carbocycles. The molecule has 0 bridgehead atoms. The van der Waals surface area contributed by atoms with E-state index in [0.29, 0.717) is 6.61 Å². The van der Waals surface area contributed by atoms with E-state index < -0.39 is 0 Å². The van der Waals surface area contributed by atoms with Gasteiger partial charge in [-0.05, 0) is 19.5 Å². The molecule has 0 saturated carbocycles. The van der Waals surface area contributed by atoms with Gasteiger partial charge in [0.15, 0.2) is 0 Å². The lowest BCUT2D eigenvalue weighted by Crippen LogP contribution is -2.14. The van der Waals surface area contributed by atoms with E-state index in [4.69, 9.17) is 5.11 Å². The maximum absolute atomic E-state index is 8.25. The van der Waals surface area contributed by atoms with E-state index in [2.05, 4.69) is 12.2 Å². The first kappa shape index (κ1) is 17.1. The SMILES string of the molecule is CC.CC.CCNCCCO. The van der Waals surface area contributed by atoms with Crippen molar-refractivity contribution in [2.45, 2.75) is 41.0 Å². The van der Waals surface area contributed by atoms with Gasteiger partial charge in [-0.15, -0.1) is 0 Å². The second-order valence-electron chi connectivity index (χ2n) is 1.43. The van der Waals surface area contributed by atoms with Crippen LogP contribution in [-0.4, -0.2) is 24.8 Å². The minimum Gasteiger partial charge on any atom is -0.396 e. The minimum absolute atomic E-state index is 0.299. The highest BCUT2D eigenvalue weighted by Gasteiger charge is 1.78. The zero-order valence-electron chi connectivity index (χ0n) is 8.78. The van der Waals surface area contributed by atoms with Gasteiger partial charge in [0.25, 0.3) is 0 Å². The number of nitrogens with one attached hydrogen (secondary N) is 1. The van der Waals surface area contributed by atoms with Gasteiger partial charge in [-0.25, -0.2) is 0 Å². The molecular weight excluding hydrogens is 138 g/mol. The van der Waals surface area contributed by atoms with Crippen LogP contribution in [0.15, 0.2) is 0 Å². The standard InChI is InChI=1S/C5H13NO.2C2H6/c1-2-6-4-3-5-7;2*1-2/h6-7H,2-5H2,1H3;2*1-2H3. The van der Waals surface area contributed by atoms with E-state index in [0.717, 1.165) is 19.5 Å². The van der Waals surface area contributed by atoms with Crippen LogP contribution in [0.25, 0.3) is 0 Å². The molecule has 0 saturated heterocycles. The van der Waals surface area contributed by atoms with Crippen LogP contribution in [-0.2, 0) is 0 Å². The van der Waals surface area contributed by atoms with E-state index in [1.165, 1.54) is 0 Å². The monoisotopic (exact) mass is 163 g/mol. The topological polar surface area (TPSA) is 32.3 Å². The van der Waals surface area contributed by atoms with E-state index >= 15 is 0 Å². The van der Waals surface area contributed by atoms with Gasteiger partial charge in [-0.2, -0.15) is 0 Å². The fraction of sp³-hybridized carbons (Fsp3) is 1.00. The van der Waals surface area contributed by atoms with E-state index in [9.17, 15) is 0 Å². The summed E-state index contributed by atoms with van der Waals surface area (Å²) in [5, 5.41) is 11.3. The maximum Gasteiger partial charge on any atom is 0.0443 e. The van der Waals surface area contributed by atoms with Gasteiger partial charge in [0, 0.05) is 6.61 Å². The van der Waals surface area contributed by atoms with Crippen molar-refractivity contribution in [1.82, 2.24) is 5.32 Å². The van der Waals surface area contributed by atoms with Gasteiger partial charge >= 0.3 is 0 Å². The van der Waals surface area contributed by atoms with Crippen molar-refractivity contribution < 1.29 is 5.11 Å². The minimum atomic E-state index is 0.299. The summed E-state index contributed by atoms with van der Waals surface area (Å²) in [6.07, 6.45) is 0.869. The average Bonchev–Trinajstić information content (AvgIpc) is 2.13. The Labute approximate surface area is 72.0 Å². The van der Waals surface area contributed by atoms with Crippen LogP contribution in [0.1, 0.15) is 41.0 Å². The molecule has 2 heteroatoms. The molecule has 0 unspecified atom stereocenters. The molecule has 0 aliphatic heterocycles. The Morgan fingerprint density at radius 3 is 1.82 bits per heavy atom. The Morgan fingerprint density at radius 1 is 1.09 bits per heavy atom. The van der Waals surface area contributed by atoms with Crippen molar-refractivity contribution in [2.75, 3.05) is 19.7 Å². The summed E-state index contributed by atoms with van der Waals surface area (Å²) >= 11 is 0. The lowest BCUT2D eigenvalue weighted by molar-refractivity contribution is 0.286. The molecule has 2 N–H and O–H groups in total. The summed E-state index contributed by atoms with van der Waals surface area (Å²) < 4.78 is 0. The molecular formula is C9H25NO. The third-order valence-electron chi connectivity index (χ3n) is 0.762. The van der Waals surface area contributed by atoms with Crippen molar-refractivity contribution in [3.63, 3.8) is 0 Å². The molecule has 2 nitrogen and oxygen atoms in total. The molecule has 0 aromatic heterocycles. The third-order valence-corrected chi connectivity index (χ3v) is 0.762. The molecule has 0 aliphatic rings. The maximum atomic E-state index is 8.25. The van der Waals surface area contributed by atoms with Crippen molar-refractivity contribution in [3.05, 3.63) is 0 Å². The zero-order chi connectivity index (χ0) is 9.54. The quantitative estimate of drug-likeness (QED) is 0.622. The van der Waals surface area contributed by atoms with Crippen LogP contribution >= 0.6 is 0 Å². The molecule has 0 aliphatic carbocycles. The Hall–Kier alpha value is -0.0800. The van der Waals surface area contributed by atoms with Crippen molar-refractivity contribution in [2.24, 2.45) is 0 Å². The second-order valence-corrected chi connectivity index (χ2v) is 1.43. The van der Waals surface area contributed by atoms with Crippen molar-refractivity contribution in [3.8, 4) is 0 Å². The second kappa shape index (κ2) is 32.6. The zero-order valence-corrected chi connectivity index (χ0v) is 8.78. The highest BCUT2D eigenvalue weighted by Crippen LogP contribution is 1.68. The number of rotatable bonds is 4. The number of hydrogen-bond acceptors (Lipinski definition) is 2. The Morgan fingerprint density at radius 2 is 1.55 bits per heavy atom. The summed E-state index contributed by atoms with van der Waals surface area (Å²) in [7, 11) is 0. The fourth-order valence-corrected chi connectivity index (χ4v) is 0.381.